The van der Waals surface area contributed by atoms with E-state index in [9.17, 15) is 9.90 Å². The Kier molecular flexibility index (Phi) is 5.21. The van der Waals surface area contributed by atoms with Gasteiger partial charge in [0.1, 0.15) is 28.9 Å². The molecule has 0 aliphatic carbocycles. The Bertz CT molecular complexity index is 858. The molecule has 0 fully saturated rings. The number of aromatic nitrogens is 1. The van der Waals surface area contributed by atoms with Gasteiger partial charge in [0, 0.05) is 12.1 Å². The third kappa shape index (κ3) is 3.75. The van der Waals surface area contributed by atoms with Crippen molar-refractivity contribution < 1.29 is 18.8 Å². The van der Waals surface area contributed by atoms with Crippen LogP contribution in [0, 0.1) is 6.92 Å². The van der Waals surface area contributed by atoms with E-state index in [0.717, 1.165) is 0 Å². The zero-order chi connectivity index (χ0) is 17.8. The van der Waals surface area contributed by atoms with Crippen molar-refractivity contribution in [1.29, 1.82) is 0 Å². The molecular formula is C18H17ClN2O4. The maximum Gasteiger partial charge on any atom is 0.257 e. The van der Waals surface area contributed by atoms with Crippen LogP contribution in [0.1, 0.15) is 34.4 Å². The molecular weight excluding hydrogens is 344 g/mol. The number of aryl methyl sites for hydroxylation is 1. The van der Waals surface area contributed by atoms with Crippen LogP contribution in [0.2, 0.25) is 5.02 Å². The summed E-state index contributed by atoms with van der Waals surface area (Å²) in [6.45, 7) is 1.94. The number of nitrogens with zero attached hydrogens (tertiary/aromatic N) is 1. The molecule has 0 aliphatic rings. The van der Waals surface area contributed by atoms with Gasteiger partial charge in [0.05, 0.1) is 11.3 Å². The summed E-state index contributed by atoms with van der Waals surface area (Å²) in [4.78, 5) is 12.5. The van der Waals surface area contributed by atoms with Crippen molar-refractivity contribution in [3.05, 3.63) is 64.8 Å². The molecule has 0 saturated carbocycles. The lowest BCUT2D eigenvalue weighted by molar-refractivity contribution is 0.0935. The topological polar surface area (TPSA) is 88.5 Å². The summed E-state index contributed by atoms with van der Waals surface area (Å²) in [6, 6.07) is 10.5. The van der Waals surface area contributed by atoms with E-state index in [0.29, 0.717) is 39.8 Å². The minimum Gasteiger partial charge on any atom is -0.467 e. The molecule has 3 rings (SSSR count). The second-order valence-electron chi connectivity index (χ2n) is 5.52. The SMILES string of the molecule is Cc1onc(-c2ccccc2Cl)c1C(=O)NCCC(O)c1ccco1. The number of carbonyl (C=O) groups excluding carboxylic acids is 1. The molecule has 0 radical (unpaired) electrons. The highest BCUT2D eigenvalue weighted by Crippen LogP contribution is 2.30. The van der Waals surface area contributed by atoms with E-state index in [2.05, 4.69) is 10.5 Å². The average Bonchev–Trinajstić information content (AvgIpc) is 3.25. The van der Waals surface area contributed by atoms with Crippen molar-refractivity contribution in [2.24, 2.45) is 0 Å². The summed E-state index contributed by atoms with van der Waals surface area (Å²) in [5.74, 6) is 0.534. The van der Waals surface area contributed by atoms with Gasteiger partial charge in [0.2, 0.25) is 0 Å². The zero-order valence-electron chi connectivity index (χ0n) is 13.5. The van der Waals surface area contributed by atoms with Crippen molar-refractivity contribution in [3.8, 4) is 11.3 Å². The van der Waals surface area contributed by atoms with Crippen LogP contribution in [0.15, 0.2) is 51.6 Å². The number of hydrogen-bond donors (Lipinski definition) is 2. The normalized spacial score (nSPS) is 12.1. The van der Waals surface area contributed by atoms with E-state index in [1.54, 1.807) is 37.3 Å². The molecule has 6 nitrogen and oxygen atoms in total. The fourth-order valence-corrected chi connectivity index (χ4v) is 2.74. The quantitative estimate of drug-likeness (QED) is 0.698. The maximum absolute atomic E-state index is 12.5. The average molecular weight is 361 g/mol. The van der Waals surface area contributed by atoms with Crippen LogP contribution in [0.4, 0.5) is 0 Å². The van der Waals surface area contributed by atoms with Gasteiger partial charge in [-0.15, -0.1) is 0 Å². The lowest BCUT2D eigenvalue weighted by Crippen LogP contribution is -2.26. The van der Waals surface area contributed by atoms with E-state index in [4.69, 9.17) is 20.5 Å². The highest BCUT2D eigenvalue weighted by atomic mass is 35.5. The fraction of sp³-hybridized carbons (Fsp3) is 0.222. The molecule has 130 valence electrons. The molecule has 2 heterocycles. The van der Waals surface area contributed by atoms with Crippen molar-refractivity contribution in [2.75, 3.05) is 6.54 Å². The minimum atomic E-state index is -0.776. The van der Waals surface area contributed by atoms with Crippen LogP contribution >= 0.6 is 11.6 Å². The second-order valence-corrected chi connectivity index (χ2v) is 5.93. The Morgan fingerprint density at radius 2 is 2.12 bits per heavy atom. The van der Waals surface area contributed by atoms with E-state index in [1.807, 2.05) is 6.07 Å². The molecule has 2 aromatic heterocycles. The largest absolute Gasteiger partial charge is 0.467 e. The van der Waals surface area contributed by atoms with Gasteiger partial charge in [-0.05, 0) is 31.5 Å². The number of furan rings is 1. The molecule has 1 unspecified atom stereocenters. The Morgan fingerprint density at radius 1 is 1.32 bits per heavy atom. The van der Waals surface area contributed by atoms with E-state index >= 15 is 0 Å². The minimum absolute atomic E-state index is 0.271. The predicted molar refractivity (Wildman–Crippen MR) is 92.3 cm³/mol. The highest BCUT2D eigenvalue weighted by Gasteiger charge is 2.23. The van der Waals surface area contributed by atoms with E-state index in [-0.39, 0.29) is 12.5 Å². The number of carbonyl (C=O) groups is 1. The van der Waals surface area contributed by atoms with E-state index in [1.165, 1.54) is 6.26 Å². The summed E-state index contributed by atoms with van der Waals surface area (Å²) in [6.07, 6.45) is 1.04. The Morgan fingerprint density at radius 3 is 2.84 bits per heavy atom. The predicted octanol–water partition coefficient (Wildman–Crippen LogP) is 3.75. The van der Waals surface area contributed by atoms with Gasteiger partial charge >= 0.3 is 0 Å². The van der Waals surface area contributed by atoms with Crippen LogP contribution in [-0.2, 0) is 0 Å². The summed E-state index contributed by atoms with van der Waals surface area (Å²) in [5.41, 5.74) is 1.36. The van der Waals surface area contributed by atoms with Gasteiger partial charge in [-0.2, -0.15) is 0 Å². The van der Waals surface area contributed by atoms with E-state index < -0.39 is 6.10 Å². The first-order valence-electron chi connectivity index (χ1n) is 7.78. The Labute approximate surface area is 149 Å². The van der Waals surface area contributed by atoms with Crippen molar-refractivity contribution >= 4 is 17.5 Å². The molecule has 0 bridgehead atoms. The second kappa shape index (κ2) is 7.55. The first-order chi connectivity index (χ1) is 12.1. The lowest BCUT2D eigenvalue weighted by atomic mass is 10.1. The molecule has 0 spiro atoms. The van der Waals surface area contributed by atoms with Gasteiger partial charge in [0.15, 0.2) is 0 Å². The Balaban J connectivity index is 1.71. The number of rotatable bonds is 6. The van der Waals surface area contributed by atoms with Crippen molar-refractivity contribution in [2.45, 2.75) is 19.4 Å². The highest BCUT2D eigenvalue weighted by molar-refractivity contribution is 6.33. The lowest BCUT2D eigenvalue weighted by Gasteiger charge is -2.09. The van der Waals surface area contributed by atoms with Crippen LogP contribution in [0.3, 0.4) is 0 Å². The molecule has 2 N–H and O–H groups in total. The number of hydrogen-bond acceptors (Lipinski definition) is 5. The molecule has 1 atom stereocenters. The summed E-state index contributed by atoms with van der Waals surface area (Å²) in [5, 5.41) is 17.2. The number of aliphatic hydroxyl groups excluding tert-OH is 1. The van der Waals surface area contributed by atoms with Crippen LogP contribution in [0.25, 0.3) is 11.3 Å². The van der Waals surface area contributed by atoms with Crippen LogP contribution in [0.5, 0.6) is 0 Å². The van der Waals surface area contributed by atoms with Gasteiger partial charge in [-0.25, -0.2) is 0 Å². The number of amides is 1. The fourth-order valence-electron chi connectivity index (χ4n) is 2.51. The molecule has 7 heteroatoms. The third-order valence-electron chi connectivity index (χ3n) is 3.79. The molecule has 1 amide bonds. The molecule has 25 heavy (non-hydrogen) atoms. The van der Waals surface area contributed by atoms with Gasteiger partial charge in [0.25, 0.3) is 5.91 Å². The summed E-state index contributed by atoms with van der Waals surface area (Å²) >= 11 is 6.19. The van der Waals surface area contributed by atoms with Gasteiger partial charge in [-0.1, -0.05) is 35.0 Å². The third-order valence-corrected chi connectivity index (χ3v) is 4.12. The number of benzene rings is 1. The number of aliphatic hydroxyl groups is 1. The molecule has 0 aliphatic heterocycles. The maximum atomic E-state index is 12.5. The van der Waals surface area contributed by atoms with Gasteiger partial charge < -0.3 is 19.4 Å². The zero-order valence-corrected chi connectivity index (χ0v) is 14.3. The monoisotopic (exact) mass is 360 g/mol. The number of halogens is 1. The summed E-state index contributed by atoms with van der Waals surface area (Å²) in [7, 11) is 0. The molecule has 1 aromatic carbocycles. The van der Waals surface area contributed by atoms with Crippen molar-refractivity contribution in [1.82, 2.24) is 10.5 Å². The molecule has 0 saturated heterocycles. The first-order valence-corrected chi connectivity index (χ1v) is 8.16. The standard InChI is InChI=1S/C18H17ClN2O4/c1-11-16(17(21-25-11)12-5-2-3-6-13(12)19)18(23)20-9-8-14(22)15-7-4-10-24-15/h2-7,10,14,22H,8-9H2,1H3,(H,20,23). The smallest absolute Gasteiger partial charge is 0.257 e. The van der Waals surface area contributed by atoms with Crippen molar-refractivity contribution in [3.63, 3.8) is 0 Å². The summed E-state index contributed by atoms with van der Waals surface area (Å²) < 4.78 is 10.3. The Hall–Kier alpha value is -2.57. The first kappa shape index (κ1) is 17.3. The molecule has 3 aromatic rings. The van der Waals surface area contributed by atoms with Crippen LogP contribution < -0.4 is 5.32 Å². The number of nitrogens with one attached hydrogen (secondary N) is 1. The van der Waals surface area contributed by atoms with Gasteiger partial charge in [-0.3, -0.25) is 4.79 Å². The van der Waals surface area contributed by atoms with Crippen LogP contribution in [-0.4, -0.2) is 22.7 Å².